The molecular weight excluding hydrogens is 416 g/mol. The molecule has 0 spiro atoms. The maximum absolute atomic E-state index is 12.3. The third kappa shape index (κ3) is 4.87. The fourth-order valence-electron chi connectivity index (χ4n) is 2.46. The molecule has 3 rings (SSSR count). The van der Waals surface area contributed by atoms with Gasteiger partial charge in [-0.1, -0.05) is 29.8 Å². The maximum atomic E-state index is 12.3. The summed E-state index contributed by atoms with van der Waals surface area (Å²) in [6.45, 7) is 0. The second-order valence-corrected chi connectivity index (χ2v) is 7.33. The van der Waals surface area contributed by atoms with Crippen LogP contribution >= 0.6 is 22.9 Å². The van der Waals surface area contributed by atoms with Gasteiger partial charge in [0.25, 0.3) is 11.6 Å². The monoisotopic (exact) mass is 428 g/mol. The molecule has 146 valence electrons. The zero-order chi connectivity index (χ0) is 21.0. The van der Waals surface area contributed by atoms with Crippen LogP contribution in [0.5, 0.6) is 0 Å². The van der Waals surface area contributed by atoms with E-state index in [1.54, 1.807) is 12.1 Å². The van der Waals surface area contributed by atoms with Gasteiger partial charge in [-0.3, -0.25) is 14.9 Å². The molecule has 0 bridgehead atoms. The first-order valence-corrected chi connectivity index (χ1v) is 9.40. The van der Waals surface area contributed by atoms with Gasteiger partial charge in [-0.25, -0.2) is 4.79 Å². The Bertz CT molecular complexity index is 1120. The standard InChI is InChI=1S/C20H13ClN2O5S/c21-16-4-2-1-3-15(16)18-10-9-14(29-18)11-17(20(25)26)22-19(24)12-5-7-13(8-6-12)23(27)28/h1-11H,(H,22,24)(H,25,26). The van der Waals surface area contributed by atoms with E-state index in [1.165, 1.54) is 41.7 Å². The number of amides is 1. The molecule has 2 aromatic carbocycles. The number of carboxylic acids is 1. The second-order valence-electron chi connectivity index (χ2n) is 5.80. The molecule has 3 aromatic rings. The first-order valence-electron chi connectivity index (χ1n) is 8.20. The minimum Gasteiger partial charge on any atom is -0.477 e. The molecule has 2 N–H and O–H groups in total. The van der Waals surface area contributed by atoms with E-state index >= 15 is 0 Å². The van der Waals surface area contributed by atoms with Crippen molar-refractivity contribution >= 4 is 46.6 Å². The van der Waals surface area contributed by atoms with Gasteiger partial charge < -0.3 is 10.4 Å². The van der Waals surface area contributed by atoms with Crippen LogP contribution in [0, 0.1) is 10.1 Å². The van der Waals surface area contributed by atoms with Crippen LogP contribution in [0.2, 0.25) is 5.02 Å². The summed E-state index contributed by atoms with van der Waals surface area (Å²) < 4.78 is 0. The molecule has 0 aliphatic heterocycles. The number of nitrogens with zero attached hydrogens (tertiary/aromatic N) is 1. The number of non-ortho nitro benzene ring substituents is 1. The largest absolute Gasteiger partial charge is 0.477 e. The quantitative estimate of drug-likeness (QED) is 0.332. The Kier molecular flexibility index (Phi) is 6.06. The van der Waals surface area contributed by atoms with Crippen molar-refractivity contribution in [3.8, 4) is 10.4 Å². The van der Waals surface area contributed by atoms with Gasteiger partial charge in [0.05, 0.1) is 4.92 Å². The summed E-state index contributed by atoms with van der Waals surface area (Å²) in [5.74, 6) is -2.00. The number of carbonyl (C=O) groups excluding carboxylic acids is 1. The molecule has 7 nitrogen and oxygen atoms in total. The van der Waals surface area contributed by atoms with E-state index in [4.69, 9.17) is 11.6 Å². The SMILES string of the molecule is O=C(O)C(=Cc1ccc(-c2ccccc2Cl)s1)NC(=O)c1ccc([N+](=O)[O-])cc1. The van der Waals surface area contributed by atoms with E-state index in [0.717, 1.165) is 10.4 Å². The Morgan fingerprint density at radius 2 is 1.76 bits per heavy atom. The number of benzene rings is 2. The Morgan fingerprint density at radius 3 is 2.38 bits per heavy atom. The lowest BCUT2D eigenvalue weighted by Gasteiger charge is -2.05. The van der Waals surface area contributed by atoms with Crippen LogP contribution in [0.1, 0.15) is 15.2 Å². The molecule has 0 unspecified atom stereocenters. The number of hydrogen-bond donors (Lipinski definition) is 2. The number of carbonyl (C=O) groups is 2. The molecule has 29 heavy (non-hydrogen) atoms. The van der Waals surface area contributed by atoms with Gasteiger partial charge in [0, 0.05) is 38.0 Å². The lowest BCUT2D eigenvalue weighted by Crippen LogP contribution is -2.27. The number of aliphatic carboxylic acids is 1. The number of nitro benzene ring substituents is 1. The highest BCUT2D eigenvalue weighted by atomic mass is 35.5. The third-order valence-electron chi connectivity index (χ3n) is 3.87. The summed E-state index contributed by atoms with van der Waals surface area (Å²) in [6, 6.07) is 15.7. The van der Waals surface area contributed by atoms with Gasteiger partial charge in [0.1, 0.15) is 5.70 Å². The Hall–Kier alpha value is -3.49. The summed E-state index contributed by atoms with van der Waals surface area (Å²) in [6.07, 6.45) is 1.34. The van der Waals surface area contributed by atoms with Gasteiger partial charge >= 0.3 is 5.97 Å². The predicted octanol–water partition coefficient (Wildman–Crippen LogP) is 4.83. The Morgan fingerprint density at radius 1 is 1.07 bits per heavy atom. The molecule has 1 aromatic heterocycles. The van der Waals surface area contributed by atoms with Gasteiger partial charge in [0.2, 0.25) is 0 Å². The normalized spacial score (nSPS) is 11.1. The molecule has 1 amide bonds. The summed E-state index contributed by atoms with van der Waals surface area (Å²) in [5.41, 5.74) is 0.443. The highest BCUT2D eigenvalue weighted by Crippen LogP contribution is 2.33. The Labute approximate surface area is 174 Å². The van der Waals surface area contributed by atoms with E-state index in [2.05, 4.69) is 5.32 Å². The zero-order valence-corrected chi connectivity index (χ0v) is 16.2. The van der Waals surface area contributed by atoms with Gasteiger partial charge in [-0.15, -0.1) is 11.3 Å². The summed E-state index contributed by atoms with van der Waals surface area (Å²) in [4.78, 5) is 35.4. The number of rotatable bonds is 6. The lowest BCUT2D eigenvalue weighted by molar-refractivity contribution is -0.384. The fraction of sp³-hybridized carbons (Fsp3) is 0. The Balaban J connectivity index is 1.82. The first-order chi connectivity index (χ1) is 13.8. The van der Waals surface area contributed by atoms with Crippen molar-refractivity contribution in [2.45, 2.75) is 0 Å². The van der Waals surface area contributed by atoms with Crippen LogP contribution in [0.3, 0.4) is 0 Å². The van der Waals surface area contributed by atoms with Crippen molar-refractivity contribution in [1.29, 1.82) is 0 Å². The van der Waals surface area contributed by atoms with Gasteiger partial charge in [-0.2, -0.15) is 0 Å². The summed E-state index contributed by atoms with van der Waals surface area (Å²) in [5, 5.41) is 23.0. The van der Waals surface area contributed by atoms with E-state index in [0.29, 0.717) is 9.90 Å². The van der Waals surface area contributed by atoms with Crippen LogP contribution in [-0.2, 0) is 4.79 Å². The average molecular weight is 429 g/mol. The highest BCUT2D eigenvalue weighted by Gasteiger charge is 2.15. The predicted molar refractivity (Wildman–Crippen MR) is 111 cm³/mol. The molecule has 0 saturated carbocycles. The lowest BCUT2D eigenvalue weighted by atomic mass is 10.2. The molecule has 0 atom stereocenters. The molecule has 0 fully saturated rings. The molecular formula is C20H13ClN2O5S. The van der Waals surface area contributed by atoms with Crippen molar-refractivity contribution in [3.05, 3.63) is 91.9 Å². The molecule has 0 aliphatic rings. The number of halogens is 1. The zero-order valence-electron chi connectivity index (χ0n) is 14.7. The van der Waals surface area contributed by atoms with Crippen molar-refractivity contribution in [1.82, 2.24) is 5.32 Å². The highest BCUT2D eigenvalue weighted by molar-refractivity contribution is 7.16. The molecule has 0 saturated heterocycles. The van der Waals surface area contributed by atoms with Gasteiger partial charge in [-0.05, 0) is 36.4 Å². The van der Waals surface area contributed by atoms with Gasteiger partial charge in [0.15, 0.2) is 0 Å². The van der Waals surface area contributed by atoms with Crippen molar-refractivity contribution < 1.29 is 19.6 Å². The van der Waals surface area contributed by atoms with E-state index in [-0.39, 0.29) is 16.9 Å². The van der Waals surface area contributed by atoms with Crippen LogP contribution in [0.4, 0.5) is 5.69 Å². The topological polar surface area (TPSA) is 110 Å². The number of nitrogens with one attached hydrogen (secondary N) is 1. The molecule has 0 radical (unpaired) electrons. The second kappa shape index (κ2) is 8.68. The van der Waals surface area contributed by atoms with Crippen molar-refractivity contribution in [2.75, 3.05) is 0 Å². The van der Waals surface area contributed by atoms with E-state index in [9.17, 15) is 24.8 Å². The third-order valence-corrected chi connectivity index (χ3v) is 5.27. The smallest absolute Gasteiger partial charge is 0.352 e. The minimum absolute atomic E-state index is 0.102. The van der Waals surface area contributed by atoms with Crippen LogP contribution in [0.15, 0.2) is 66.4 Å². The number of thiophene rings is 1. The molecule has 9 heteroatoms. The number of carboxylic acid groups (broad SMARTS) is 1. The van der Waals surface area contributed by atoms with Crippen LogP contribution < -0.4 is 5.32 Å². The minimum atomic E-state index is -1.31. The van der Waals surface area contributed by atoms with Crippen LogP contribution in [-0.4, -0.2) is 21.9 Å². The summed E-state index contributed by atoms with van der Waals surface area (Å²) >= 11 is 7.51. The van der Waals surface area contributed by atoms with Crippen molar-refractivity contribution in [2.24, 2.45) is 0 Å². The molecule has 1 heterocycles. The van der Waals surface area contributed by atoms with Crippen LogP contribution in [0.25, 0.3) is 16.5 Å². The fourth-order valence-corrected chi connectivity index (χ4v) is 3.74. The maximum Gasteiger partial charge on any atom is 0.352 e. The number of hydrogen-bond acceptors (Lipinski definition) is 5. The average Bonchev–Trinajstić information content (AvgIpc) is 3.16. The van der Waals surface area contributed by atoms with Crippen molar-refractivity contribution in [3.63, 3.8) is 0 Å². The summed E-state index contributed by atoms with van der Waals surface area (Å²) in [7, 11) is 0. The van der Waals surface area contributed by atoms with E-state index in [1.807, 2.05) is 24.3 Å². The number of nitro groups is 1. The first kappa shape index (κ1) is 20.2. The van der Waals surface area contributed by atoms with E-state index < -0.39 is 16.8 Å². The molecule has 0 aliphatic carbocycles.